The van der Waals surface area contributed by atoms with Crippen molar-refractivity contribution in [1.29, 1.82) is 0 Å². The Morgan fingerprint density at radius 1 is 1.38 bits per heavy atom. The third-order valence-electron chi connectivity index (χ3n) is 3.09. The van der Waals surface area contributed by atoms with E-state index in [1.807, 2.05) is 11.8 Å². The Balaban J connectivity index is 1.82. The van der Waals surface area contributed by atoms with Crippen LogP contribution >= 0.6 is 11.8 Å². The van der Waals surface area contributed by atoms with Crippen LogP contribution in [-0.4, -0.2) is 22.7 Å². The van der Waals surface area contributed by atoms with Crippen LogP contribution in [0.15, 0.2) is 0 Å². The normalized spacial score (nSPS) is 23.6. The van der Waals surface area contributed by atoms with Crippen molar-refractivity contribution in [1.82, 2.24) is 9.97 Å². The van der Waals surface area contributed by atoms with Crippen LogP contribution in [0, 0.1) is 0 Å². The Kier molecular flexibility index (Phi) is 2.73. The highest BCUT2D eigenvalue weighted by Crippen LogP contribution is 2.31. The highest BCUT2D eigenvalue weighted by molar-refractivity contribution is 7.98. The number of thioether (sulfide) groups is 1. The van der Waals surface area contributed by atoms with Crippen molar-refractivity contribution >= 4 is 17.6 Å². The summed E-state index contributed by atoms with van der Waals surface area (Å²) in [5.41, 5.74) is 8.21. The average molecular weight is 237 g/mol. The lowest BCUT2D eigenvalue weighted by Crippen LogP contribution is -2.14. The van der Waals surface area contributed by atoms with Crippen LogP contribution in [0.5, 0.6) is 0 Å². The van der Waals surface area contributed by atoms with Gasteiger partial charge >= 0.3 is 0 Å². The first-order chi connectivity index (χ1) is 7.83. The molecular formula is C11H15N3OS. The molecule has 0 aromatic carbocycles. The summed E-state index contributed by atoms with van der Waals surface area (Å²) >= 11 is 1.85. The molecule has 1 atom stereocenters. The van der Waals surface area contributed by atoms with E-state index in [0.29, 0.717) is 11.9 Å². The van der Waals surface area contributed by atoms with Crippen LogP contribution in [0.25, 0.3) is 0 Å². The number of anilines is 1. The molecule has 1 fully saturated rings. The van der Waals surface area contributed by atoms with Crippen LogP contribution in [0.4, 0.5) is 5.82 Å². The Hall–Kier alpha value is -0.810. The van der Waals surface area contributed by atoms with Crippen molar-refractivity contribution in [2.24, 2.45) is 0 Å². The summed E-state index contributed by atoms with van der Waals surface area (Å²) in [5, 5.41) is 0. The molecule has 0 spiro atoms. The summed E-state index contributed by atoms with van der Waals surface area (Å²) in [6.45, 7) is 0.876. The lowest BCUT2D eigenvalue weighted by atomic mass is 10.1. The van der Waals surface area contributed by atoms with Crippen LogP contribution in [0.3, 0.4) is 0 Å². The second-order valence-electron chi connectivity index (χ2n) is 4.28. The zero-order valence-electron chi connectivity index (χ0n) is 9.11. The SMILES string of the molecule is Nc1nc(CC2CCCO2)nc2c1CSC2. The quantitative estimate of drug-likeness (QED) is 0.845. The standard InChI is InChI=1S/C11H15N3OS/c12-11-8-5-16-6-9(8)13-10(14-11)4-7-2-1-3-15-7/h7H,1-6H2,(H2,12,13,14). The summed E-state index contributed by atoms with van der Waals surface area (Å²) in [6.07, 6.45) is 3.38. The predicted octanol–water partition coefficient (Wildman–Crippen LogP) is 1.53. The third-order valence-corrected chi connectivity index (χ3v) is 4.06. The van der Waals surface area contributed by atoms with E-state index in [4.69, 9.17) is 10.5 Å². The van der Waals surface area contributed by atoms with Crippen LogP contribution in [-0.2, 0) is 22.7 Å². The Labute approximate surface area is 99.0 Å². The number of rotatable bonds is 2. The Bertz CT molecular complexity index is 404. The average Bonchev–Trinajstić information content (AvgIpc) is 2.87. The van der Waals surface area contributed by atoms with Gasteiger partial charge in [0.15, 0.2) is 0 Å². The number of nitrogens with zero attached hydrogens (tertiary/aromatic N) is 2. The second-order valence-corrected chi connectivity index (χ2v) is 5.27. The number of hydrogen-bond donors (Lipinski definition) is 1. The number of nitrogens with two attached hydrogens (primary N) is 1. The number of fused-ring (bicyclic) bond motifs is 1. The van der Waals surface area contributed by atoms with Gasteiger partial charge in [-0.15, -0.1) is 0 Å². The van der Waals surface area contributed by atoms with Crippen molar-refractivity contribution in [3.05, 3.63) is 17.1 Å². The lowest BCUT2D eigenvalue weighted by Gasteiger charge is -2.10. The van der Waals surface area contributed by atoms with Crippen molar-refractivity contribution in [2.45, 2.75) is 36.9 Å². The fourth-order valence-corrected chi connectivity index (χ4v) is 3.28. The van der Waals surface area contributed by atoms with Gasteiger partial charge in [-0.3, -0.25) is 0 Å². The van der Waals surface area contributed by atoms with E-state index in [0.717, 1.165) is 54.5 Å². The monoisotopic (exact) mass is 237 g/mol. The molecule has 1 unspecified atom stereocenters. The second kappa shape index (κ2) is 4.22. The molecule has 0 bridgehead atoms. The minimum atomic E-state index is 0.298. The molecule has 0 aliphatic carbocycles. The first-order valence-electron chi connectivity index (χ1n) is 5.66. The summed E-state index contributed by atoms with van der Waals surface area (Å²) in [4.78, 5) is 8.97. The lowest BCUT2D eigenvalue weighted by molar-refractivity contribution is 0.110. The zero-order valence-corrected chi connectivity index (χ0v) is 9.92. The van der Waals surface area contributed by atoms with E-state index in [9.17, 15) is 0 Å². The Morgan fingerprint density at radius 3 is 3.12 bits per heavy atom. The molecule has 3 heterocycles. The molecule has 0 radical (unpaired) electrons. The van der Waals surface area contributed by atoms with Gasteiger partial charge in [0, 0.05) is 30.1 Å². The van der Waals surface area contributed by atoms with Crippen LogP contribution in [0.2, 0.25) is 0 Å². The van der Waals surface area contributed by atoms with Crippen LogP contribution < -0.4 is 5.73 Å². The fraction of sp³-hybridized carbons (Fsp3) is 0.636. The molecule has 4 nitrogen and oxygen atoms in total. The van der Waals surface area contributed by atoms with Gasteiger partial charge in [0.2, 0.25) is 0 Å². The minimum absolute atomic E-state index is 0.298. The molecule has 2 aliphatic rings. The molecule has 5 heteroatoms. The zero-order chi connectivity index (χ0) is 11.0. The highest BCUT2D eigenvalue weighted by atomic mass is 32.2. The van der Waals surface area contributed by atoms with Gasteiger partial charge in [-0.25, -0.2) is 9.97 Å². The van der Waals surface area contributed by atoms with E-state index in [1.54, 1.807) is 0 Å². The molecule has 2 N–H and O–H groups in total. The van der Waals surface area contributed by atoms with E-state index < -0.39 is 0 Å². The minimum Gasteiger partial charge on any atom is -0.383 e. The molecule has 0 saturated carbocycles. The van der Waals surface area contributed by atoms with Crippen molar-refractivity contribution < 1.29 is 4.74 Å². The summed E-state index contributed by atoms with van der Waals surface area (Å²) in [5.74, 6) is 3.45. The molecule has 86 valence electrons. The molecule has 2 aliphatic heterocycles. The highest BCUT2D eigenvalue weighted by Gasteiger charge is 2.21. The Morgan fingerprint density at radius 2 is 2.31 bits per heavy atom. The predicted molar refractivity (Wildman–Crippen MR) is 64.1 cm³/mol. The fourth-order valence-electron chi connectivity index (χ4n) is 2.23. The maximum atomic E-state index is 5.94. The van der Waals surface area contributed by atoms with E-state index in [-0.39, 0.29) is 0 Å². The van der Waals surface area contributed by atoms with Crippen molar-refractivity contribution in [3.63, 3.8) is 0 Å². The number of hydrogen-bond acceptors (Lipinski definition) is 5. The van der Waals surface area contributed by atoms with Gasteiger partial charge in [-0.05, 0) is 12.8 Å². The molecule has 16 heavy (non-hydrogen) atoms. The van der Waals surface area contributed by atoms with E-state index >= 15 is 0 Å². The summed E-state index contributed by atoms with van der Waals surface area (Å²) < 4.78 is 5.59. The number of nitrogen functional groups attached to an aromatic ring is 1. The van der Waals surface area contributed by atoms with Crippen LogP contribution in [0.1, 0.15) is 29.9 Å². The molecule has 1 aromatic rings. The van der Waals surface area contributed by atoms with Gasteiger partial charge in [0.1, 0.15) is 11.6 Å². The van der Waals surface area contributed by atoms with E-state index in [1.165, 1.54) is 0 Å². The smallest absolute Gasteiger partial charge is 0.133 e. The molecule has 1 saturated heterocycles. The van der Waals surface area contributed by atoms with Crippen molar-refractivity contribution in [2.75, 3.05) is 12.3 Å². The molecule has 3 rings (SSSR count). The number of ether oxygens (including phenoxy) is 1. The molecular weight excluding hydrogens is 222 g/mol. The third kappa shape index (κ3) is 1.89. The van der Waals surface area contributed by atoms with Gasteiger partial charge in [0.25, 0.3) is 0 Å². The van der Waals surface area contributed by atoms with Gasteiger partial charge in [-0.1, -0.05) is 0 Å². The maximum absolute atomic E-state index is 5.94. The molecule has 1 aromatic heterocycles. The molecule has 0 amide bonds. The topological polar surface area (TPSA) is 61.0 Å². The van der Waals surface area contributed by atoms with Gasteiger partial charge in [0.05, 0.1) is 11.8 Å². The van der Waals surface area contributed by atoms with Gasteiger partial charge in [-0.2, -0.15) is 11.8 Å². The first kappa shape index (κ1) is 10.4. The first-order valence-corrected chi connectivity index (χ1v) is 6.82. The largest absolute Gasteiger partial charge is 0.383 e. The van der Waals surface area contributed by atoms with E-state index in [2.05, 4.69) is 9.97 Å². The maximum Gasteiger partial charge on any atom is 0.133 e. The van der Waals surface area contributed by atoms with Crippen molar-refractivity contribution in [3.8, 4) is 0 Å². The number of aromatic nitrogens is 2. The summed E-state index contributed by atoms with van der Waals surface area (Å²) in [7, 11) is 0. The summed E-state index contributed by atoms with van der Waals surface area (Å²) in [6, 6.07) is 0. The van der Waals surface area contributed by atoms with Gasteiger partial charge < -0.3 is 10.5 Å².